The lowest BCUT2D eigenvalue weighted by molar-refractivity contribution is 0.879. The van der Waals surface area contributed by atoms with Crippen LogP contribution < -0.4 is 4.90 Å². The Labute approximate surface area is 100 Å². The van der Waals surface area contributed by atoms with Crippen LogP contribution in [0.1, 0.15) is 5.01 Å². The Hall–Kier alpha value is -1.01. The Morgan fingerprint density at radius 3 is 2.93 bits per heavy atom. The van der Waals surface area contributed by atoms with E-state index in [2.05, 4.69) is 30.9 Å². The molecule has 0 fully saturated rings. The third-order valence-electron chi connectivity index (χ3n) is 1.87. The van der Waals surface area contributed by atoms with Gasteiger partial charge in [0.05, 0.1) is 6.54 Å². The normalized spacial score (nSPS) is 10.3. The van der Waals surface area contributed by atoms with Crippen molar-refractivity contribution in [2.24, 2.45) is 0 Å². The summed E-state index contributed by atoms with van der Waals surface area (Å²) in [5.41, 5.74) is 0. The Morgan fingerprint density at radius 2 is 2.27 bits per heavy atom. The average Bonchev–Trinajstić information content (AvgIpc) is 2.70. The number of nitrogens with zero attached hydrogens (tertiary/aromatic N) is 4. The lowest BCUT2D eigenvalue weighted by atomic mass is 10.5. The van der Waals surface area contributed by atoms with Crippen LogP contribution in [0.4, 0.5) is 5.82 Å². The molecule has 2 aromatic rings. The van der Waals surface area contributed by atoms with Gasteiger partial charge in [0.25, 0.3) is 0 Å². The minimum Gasteiger partial charge on any atom is -0.353 e. The molecule has 0 aliphatic heterocycles. The van der Waals surface area contributed by atoms with E-state index in [4.69, 9.17) is 0 Å². The molecule has 0 aliphatic carbocycles. The number of hydrogen-bond donors (Lipinski definition) is 0. The van der Waals surface area contributed by atoms with Crippen molar-refractivity contribution in [3.63, 3.8) is 0 Å². The van der Waals surface area contributed by atoms with E-state index >= 15 is 0 Å². The largest absolute Gasteiger partial charge is 0.353 e. The minimum atomic E-state index is 0.765. The fourth-order valence-corrected chi connectivity index (χ4v) is 2.11. The molecule has 15 heavy (non-hydrogen) atoms. The van der Waals surface area contributed by atoms with E-state index in [-0.39, 0.29) is 0 Å². The molecule has 0 unspecified atom stereocenters. The van der Waals surface area contributed by atoms with E-state index in [0.717, 1.165) is 22.0 Å². The molecule has 2 heterocycles. The highest BCUT2D eigenvalue weighted by Gasteiger charge is 2.05. The average molecular weight is 285 g/mol. The molecular weight excluding hydrogens is 276 g/mol. The molecule has 0 spiro atoms. The molecule has 2 aromatic heterocycles. The molecule has 0 saturated heterocycles. The first kappa shape index (κ1) is 10.5. The zero-order valence-electron chi connectivity index (χ0n) is 8.09. The lowest BCUT2D eigenvalue weighted by Crippen LogP contribution is -2.17. The van der Waals surface area contributed by atoms with Gasteiger partial charge in [0.15, 0.2) is 0 Å². The third kappa shape index (κ3) is 2.73. The van der Waals surface area contributed by atoms with Crippen LogP contribution >= 0.6 is 27.3 Å². The molecule has 0 bridgehead atoms. The number of halogens is 1. The molecule has 0 amide bonds. The summed E-state index contributed by atoms with van der Waals surface area (Å²) in [7, 11) is 1.98. The number of anilines is 1. The summed E-state index contributed by atoms with van der Waals surface area (Å²) in [6.07, 6.45) is 3.35. The van der Waals surface area contributed by atoms with Gasteiger partial charge in [-0.25, -0.2) is 15.0 Å². The molecule has 0 atom stereocenters. The third-order valence-corrected chi connectivity index (χ3v) is 3.06. The predicted molar refractivity (Wildman–Crippen MR) is 64.0 cm³/mol. The number of thiazole rings is 1. The number of hydrogen-bond acceptors (Lipinski definition) is 5. The molecule has 0 aromatic carbocycles. The Balaban J connectivity index is 2.11. The van der Waals surface area contributed by atoms with Gasteiger partial charge in [-0.05, 0) is 15.9 Å². The zero-order chi connectivity index (χ0) is 10.7. The summed E-state index contributed by atoms with van der Waals surface area (Å²) in [4.78, 5) is 14.4. The van der Waals surface area contributed by atoms with Crippen LogP contribution in [0.25, 0.3) is 0 Å². The van der Waals surface area contributed by atoms with Crippen molar-refractivity contribution in [2.75, 3.05) is 11.9 Å². The van der Waals surface area contributed by atoms with Crippen LogP contribution in [0.5, 0.6) is 0 Å². The SMILES string of the molecule is CN(Cc1nccs1)c1cc(Br)ncn1. The highest BCUT2D eigenvalue weighted by molar-refractivity contribution is 9.10. The summed E-state index contributed by atoms with van der Waals surface area (Å²) >= 11 is 4.96. The van der Waals surface area contributed by atoms with Crippen molar-refractivity contribution in [3.05, 3.63) is 33.6 Å². The van der Waals surface area contributed by atoms with Gasteiger partial charge in [-0.3, -0.25) is 0 Å². The predicted octanol–water partition coefficient (Wildman–Crippen LogP) is 2.33. The van der Waals surface area contributed by atoms with Crippen LogP contribution in [0, 0.1) is 0 Å². The van der Waals surface area contributed by atoms with Crippen LogP contribution in [-0.2, 0) is 6.54 Å². The van der Waals surface area contributed by atoms with E-state index in [1.54, 1.807) is 11.3 Å². The van der Waals surface area contributed by atoms with Gasteiger partial charge in [-0.2, -0.15) is 0 Å². The van der Waals surface area contributed by atoms with Crippen LogP contribution in [0.3, 0.4) is 0 Å². The fourth-order valence-electron chi connectivity index (χ4n) is 1.15. The van der Waals surface area contributed by atoms with Gasteiger partial charge in [0.1, 0.15) is 21.8 Å². The molecular formula is C9H9BrN4S. The second-order valence-electron chi connectivity index (χ2n) is 2.98. The van der Waals surface area contributed by atoms with Gasteiger partial charge in [0, 0.05) is 24.7 Å². The van der Waals surface area contributed by atoms with Gasteiger partial charge in [-0.15, -0.1) is 11.3 Å². The Kier molecular flexibility index (Phi) is 3.27. The monoisotopic (exact) mass is 284 g/mol. The number of rotatable bonds is 3. The van der Waals surface area contributed by atoms with E-state index < -0.39 is 0 Å². The minimum absolute atomic E-state index is 0.765. The molecule has 2 rings (SSSR count). The lowest BCUT2D eigenvalue weighted by Gasteiger charge is -2.16. The Bertz CT molecular complexity index is 431. The van der Waals surface area contributed by atoms with Gasteiger partial charge in [-0.1, -0.05) is 0 Å². The van der Waals surface area contributed by atoms with Crippen molar-refractivity contribution < 1.29 is 0 Å². The van der Waals surface area contributed by atoms with E-state index in [1.807, 2.05) is 29.6 Å². The maximum absolute atomic E-state index is 4.23. The second-order valence-corrected chi connectivity index (χ2v) is 4.77. The first-order chi connectivity index (χ1) is 7.25. The molecule has 0 radical (unpaired) electrons. The van der Waals surface area contributed by atoms with Crippen molar-refractivity contribution in [3.8, 4) is 0 Å². The maximum Gasteiger partial charge on any atom is 0.133 e. The van der Waals surface area contributed by atoms with Crippen molar-refractivity contribution in [1.82, 2.24) is 15.0 Å². The summed E-state index contributed by atoms with van der Waals surface area (Å²) in [6, 6.07) is 1.88. The first-order valence-electron chi connectivity index (χ1n) is 4.33. The quantitative estimate of drug-likeness (QED) is 0.812. The highest BCUT2D eigenvalue weighted by atomic mass is 79.9. The molecule has 0 aliphatic rings. The number of aromatic nitrogens is 3. The van der Waals surface area contributed by atoms with Crippen LogP contribution in [0.15, 0.2) is 28.6 Å². The van der Waals surface area contributed by atoms with Gasteiger partial charge in [0.2, 0.25) is 0 Å². The standard InChI is InChI=1S/C9H9BrN4S/c1-14(5-9-11-2-3-15-9)8-4-7(10)12-6-13-8/h2-4,6H,5H2,1H3. The summed E-state index contributed by atoms with van der Waals surface area (Å²) in [5, 5.41) is 3.05. The summed E-state index contributed by atoms with van der Waals surface area (Å²) < 4.78 is 0.790. The van der Waals surface area contributed by atoms with Crippen molar-refractivity contribution >= 4 is 33.1 Å². The summed E-state index contributed by atoms with van der Waals surface area (Å²) in [6.45, 7) is 0.765. The smallest absolute Gasteiger partial charge is 0.133 e. The molecule has 0 N–H and O–H groups in total. The summed E-state index contributed by atoms with van der Waals surface area (Å²) in [5.74, 6) is 0.882. The fraction of sp³-hybridized carbons (Fsp3) is 0.222. The van der Waals surface area contributed by atoms with Crippen LogP contribution in [0.2, 0.25) is 0 Å². The van der Waals surface area contributed by atoms with E-state index in [9.17, 15) is 0 Å². The van der Waals surface area contributed by atoms with E-state index in [1.165, 1.54) is 6.33 Å². The Morgan fingerprint density at radius 1 is 1.40 bits per heavy atom. The molecule has 6 heteroatoms. The highest BCUT2D eigenvalue weighted by Crippen LogP contribution is 2.16. The molecule has 78 valence electrons. The first-order valence-corrected chi connectivity index (χ1v) is 6.00. The van der Waals surface area contributed by atoms with Crippen LogP contribution in [-0.4, -0.2) is 22.0 Å². The van der Waals surface area contributed by atoms with E-state index in [0.29, 0.717) is 0 Å². The molecule has 0 saturated carbocycles. The van der Waals surface area contributed by atoms with Crippen molar-refractivity contribution in [2.45, 2.75) is 6.54 Å². The second kappa shape index (κ2) is 4.67. The van der Waals surface area contributed by atoms with Gasteiger partial charge < -0.3 is 4.90 Å². The molecule has 4 nitrogen and oxygen atoms in total. The topological polar surface area (TPSA) is 41.9 Å². The van der Waals surface area contributed by atoms with Gasteiger partial charge >= 0.3 is 0 Å². The maximum atomic E-state index is 4.23. The zero-order valence-corrected chi connectivity index (χ0v) is 10.5. The van der Waals surface area contributed by atoms with Crippen molar-refractivity contribution in [1.29, 1.82) is 0 Å².